The van der Waals surface area contributed by atoms with Crippen LogP contribution in [0.3, 0.4) is 0 Å². The van der Waals surface area contributed by atoms with Crippen molar-refractivity contribution in [2.45, 2.75) is 26.5 Å². The van der Waals surface area contributed by atoms with Crippen LogP contribution >= 0.6 is 11.6 Å². The summed E-state index contributed by atoms with van der Waals surface area (Å²) in [5.41, 5.74) is 6.10. The van der Waals surface area contributed by atoms with Crippen LogP contribution in [-0.2, 0) is 11.3 Å². The van der Waals surface area contributed by atoms with Crippen molar-refractivity contribution in [1.82, 2.24) is 5.32 Å². The van der Waals surface area contributed by atoms with Gasteiger partial charge in [0, 0.05) is 6.54 Å². The summed E-state index contributed by atoms with van der Waals surface area (Å²) in [5.74, 6) is 0.458. The highest BCUT2D eigenvalue weighted by atomic mass is 35.5. The predicted molar refractivity (Wildman–Crippen MR) is 68.1 cm³/mol. The van der Waals surface area contributed by atoms with E-state index in [1.54, 1.807) is 12.1 Å². The summed E-state index contributed by atoms with van der Waals surface area (Å²) in [7, 11) is 0. The first-order valence-electron chi connectivity index (χ1n) is 5.44. The Bertz CT molecular complexity index is 394. The van der Waals surface area contributed by atoms with E-state index in [9.17, 15) is 4.79 Å². The van der Waals surface area contributed by atoms with E-state index in [4.69, 9.17) is 22.1 Å². The van der Waals surface area contributed by atoms with Crippen molar-refractivity contribution in [3.63, 3.8) is 0 Å². The molecule has 5 heteroatoms. The van der Waals surface area contributed by atoms with E-state index in [1.807, 2.05) is 19.9 Å². The zero-order chi connectivity index (χ0) is 12.8. The molecule has 0 aliphatic carbocycles. The van der Waals surface area contributed by atoms with Gasteiger partial charge in [-0.05, 0) is 31.5 Å². The van der Waals surface area contributed by atoms with Gasteiger partial charge in [-0.25, -0.2) is 0 Å². The molecule has 17 heavy (non-hydrogen) atoms. The highest BCUT2D eigenvalue weighted by molar-refractivity contribution is 6.32. The number of ether oxygens (including phenoxy) is 1. The zero-order valence-corrected chi connectivity index (χ0v) is 10.8. The van der Waals surface area contributed by atoms with Gasteiger partial charge in [-0.15, -0.1) is 0 Å². The number of amides is 1. The quantitative estimate of drug-likeness (QED) is 0.843. The van der Waals surface area contributed by atoms with Crippen molar-refractivity contribution < 1.29 is 9.53 Å². The number of hydrogen-bond donors (Lipinski definition) is 2. The fourth-order valence-electron chi connectivity index (χ4n) is 1.28. The molecule has 0 radical (unpaired) electrons. The maximum atomic E-state index is 11.0. The molecule has 4 nitrogen and oxygen atoms in total. The Morgan fingerprint density at radius 1 is 1.53 bits per heavy atom. The summed E-state index contributed by atoms with van der Waals surface area (Å²) >= 11 is 6.06. The van der Waals surface area contributed by atoms with Gasteiger partial charge in [0.05, 0.1) is 17.7 Å². The predicted octanol–water partition coefficient (Wildman–Crippen LogP) is 1.70. The summed E-state index contributed by atoms with van der Waals surface area (Å²) in [6, 6.07) is 5.43. The average molecular weight is 257 g/mol. The second-order valence-electron chi connectivity index (χ2n) is 3.91. The molecule has 0 spiro atoms. The van der Waals surface area contributed by atoms with Gasteiger partial charge in [-0.2, -0.15) is 0 Å². The molecule has 0 aliphatic rings. The number of carbonyl (C=O) groups is 1. The molecule has 0 heterocycles. The number of nitrogens with two attached hydrogens (primary N) is 1. The molecule has 0 saturated carbocycles. The van der Waals surface area contributed by atoms with Gasteiger partial charge in [0.15, 0.2) is 0 Å². The van der Waals surface area contributed by atoms with E-state index >= 15 is 0 Å². The maximum absolute atomic E-state index is 11.0. The first-order chi connectivity index (χ1) is 8.02. The molecule has 0 fully saturated rings. The van der Waals surface area contributed by atoms with Crippen LogP contribution in [0.1, 0.15) is 19.4 Å². The summed E-state index contributed by atoms with van der Waals surface area (Å²) in [5, 5.41) is 3.21. The van der Waals surface area contributed by atoms with Gasteiger partial charge in [0.2, 0.25) is 5.91 Å². The Morgan fingerprint density at radius 2 is 2.24 bits per heavy atom. The largest absolute Gasteiger partial charge is 0.489 e. The van der Waals surface area contributed by atoms with E-state index in [2.05, 4.69) is 5.32 Å². The van der Waals surface area contributed by atoms with Crippen LogP contribution in [-0.4, -0.2) is 18.6 Å². The lowest BCUT2D eigenvalue weighted by atomic mass is 10.2. The Balaban J connectivity index is 2.65. The van der Waals surface area contributed by atoms with Crippen molar-refractivity contribution in [3.8, 4) is 5.75 Å². The Labute approximate surface area is 106 Å². The van der Waals surface area contributed by atoms with Gasteiger partial charge >= 0.3 is 0 Å². The molecule has 94 valence electrons. The molecular formula is C12H17ClN2O2. The number of benzene rings is 1. The minimum Gasteiger partial charge on any atom is -0.489 e. The third-order valence-corrected chi connectivity index (χ3v) is 2.33. The fraction of sp³-hybridized carbons (Fsp3) is 0.417. The van der Waals surface area contributed by atoms with E-state index in [0.717, 1.165) is 5.56 Å². The fourth-order valence-corrected chi connectivity index (χ4v) is 1.52. The van der Waals surface area contributed by atoms with Crippen LogP contribution in [0.2, 0.25) is 5.02 Å². The number of nitrogens with one attached hydrogen (secondary N) is 1. The third kappa shape index (κ3) is 4.63. The van der Waals surface area contributed by atoms with E-state index in [1.165, 1.54) is 0 Å². The molecular weight excluding hydrogens is 240 g/mol. The second kappa shape index (κ2) is 6.47. The molecule has 1 aromatic rings. The monoisotopic (exact) mass is 256 g/mol. The Kier molecular flexibility index (Phi) is 5.25. The standard InChI is InChI=1S/C12H17ClN2O2/c1-8(2)17-11-4-3-9(5-10(11)13)7-15-12(16)6-14/h3-5,8H,6-7,14H2,1-2H3,(H,15,16). The molecule has 0 saturated heterocycles. The SMILES string of the molecule is CC(C)Oc1ccc(CNC(=O)CN)cc1Cl. The van der Waals surface area contributed by atoms with Crippen LogP contribution < -0.4 is 15.8 Å². The highest BCUT2D eigenvalue weighted by Gasteiger charge is 2.05. The lowest BCUT2D eigenvalue weighted by Crippen LogP contribution is -2.29. The third-order valence-electron chi connectivity index (χ3n) is 2.03. The summed E-state index contributed by atoms with van der Waals surface area (Å²) in [6.07, 6.45) is 0.0790. The van der Waals surface area contributed by atoms with Gasteiger partial charge in [0.1, 0.15) is 5.75 Å². The van der Waals surface area contributed by atoms with E-state index in [0.29, 0.717) is 17.3 Å². The first kappa shape index (κ1) is 13.8. The number of rotatable bonds is 5. The van der Waals surface area contributed by atoms with Crippen molar-refractivity contribution in [2.75, 3.05) is 6.54 Å². The maximum Gasteiger partial charge on any atom is 0.234 e. The molecule has 0 bridgehead atoms. The van der Waals surface area contributed by atoms with Crippen LogP contribution in [0.15, 0.2) is 18.2 Å². The first-order valence-corrected chi connectivity index (χ1v) is 5.82. The van der Waals surface area contributed by atoms with Crippen molar-refractivity contribution in [2.24, 2.45) is 5.73 Å². The molecule has 1 amide bonds. The highest BCUT2D eigenvalue weighted by Crippen LogP contribution is 2.26. The van der Waals surface area contributed by atoms with Crippen LogP contribution in [0.4, 0.5) is 0 Å². The van der Waals surface area contributed by atoms with E-state index < -0.39 is 0 Å². The molecule has 0 atom stereocenters. The molecule has 3 N–H and O–H groups in total. The minimum atomic E-state index is -0.191. The molecule has 1 rings (SSSR count). The van der Waals surface area contributed by atoms with Crippen molar-refractivity contribution in [3.05, 3.63) is 28.8 Å². The van der Waals surface area contributed by atoms with Crippen LogP contribution in [0.5, 0.6) is 5.75 Å². The molecule has 0 unspecified atom stereocenters. The molecule has 0 aliphatic heterocycles. The van der Waals surface area contributed by atoms with Crippen molar-refractivity contribution >= 4 is 17.5 Å². The van der Waals surface area contributed by atoms with Crippen LogP contribution in [0.25, 0.3) is 0 Å². The number of hydrogen-bond acceptors (Lipinski definition) is 3. The zero-order valence-electron chi connectivity index (χ0n) is 10.00. The summed E-state index contributed by atoms with van der Waals surface area (Å²) in [6.45, 7) is 4.28. The van der Waals surface area contributed by atoms with Crippen molar-refractivity contribution in [1.29, 1.82) is 0 Å². The average Bonchev–Trinajstić information content (AvgIpc) is 2.28. The summed E-state index contributed by atoms with van der Waals surface area (Å²) in [4.78, 5) is 11.0. The second-order valence-corrected chi connectivity index (χ2v) is 4.32. The normalized spacial score (nSPS) is 10.4. The van der Waals surface area contributed by atoms with Crippen LogP contribution in [0, 0.1) is 0 Å². The number of halogens is 1. The Morgan fingerprint density at radius 3 is 2.76 bits per heavy atom. The molecule has 0 aromatic heterocycles. The van der Waals surface area contributed by atoms with Gasteiger partial charge in [0.25, 0.3) is 0 Å². The number of carbonyl (C=O) groups excluding carboxylic acids is 1. The lowest BCUT2D eigenvalue weighted by Gasteiger charge is -2.12. The minimum absolute atomic E-state index is 0.0116. The topological polar surface area (TPSA) is 64.3 Å². The van der Waals surface area contributed by atoms with Gasteiger partial charge in [-0.3, -0.25) is 4.79 Å². The van der Waals surface area contributed by atoms with Gasteiger partial charge < -0.3 is 15.8 Å². The van der Waals surface area contributed by atoms with Gasteiger partial charge in [-0.1, -0.05) is 17.7 Å². The summed E-state index contributed by atoms with van der Waals surface area (Å²) < 4.78 is 5.51. The van der Waals surface area contributed by atoms with E-state index in [-0.39, 0.29) is 18.6 Å². The smallest absolute Gasteiger partial charge is 0.234 e. The molecule has 1 aromatic carbocycles. The lowest BCUT2D eigenvalue weighted by molar-refractivity contribution is -0.119. The Hall–Kier alpha value is -1.26.